The van der Waals surface area contributed by atoms with E-state index >= 15 is 0 Å². The summed E-state index contributed by atoms with van der Waals surface area (Å²) in [5.74, 6) is -3.40. The number of hydrogen-bond donors (Lipinski definition) is 2. The zero-order valence-electron chi connectivity index (χ0n) is 16.0. The first-order chi connectivity index (χ1) is 15.7. The lowest BCUT2D eigenvalue weighted by atomic mass is 10.1. The Kier molecular flexibility index (Phi) is 6.15. The summed E-state index contributed by atoms with van der Waals surface area (Å²) >= 11 is 0.707. The van der Waals surface area contributed by atoms with Crippen molar-refractivity contribution >= 4 is 26.7 Å². The quantitative estimate of drug-likeness (QED) is 0.344. The molecule has 0 aliphatic heterocycles. The van der Waals surface area contributed by atoms with Gasteiger partial charge in [0.25, 0.3) is 10.0 Å². The maximum atomic E-state index is 14.7. The van der Waals surface area contributed by atoms with Crippen LogP contribution in [0.1, 0.15) is 0 Å². The fourth-order valence-corrected chi connectivity index (χ4v) is 4.43. The standard InChI is InChI=1S/C18H11F4N5O4S2/c19-12-5-16(33(28,29)27-18-23-8-26-32-18)13(20)4-15(12)31-14-2-1-10(30-17(21)22)3-11(14)9-6-24-25-7-9/h1-8,17H,(H,24,25)(H,23,26,27). The van der Waals surface area contributed by atoms with Gasteiger partial charge in [-0.25, -0.2) is 22.2 Å². The molecular weight excluding hydrogens is 490 g/mol. The van der Waals surface area contributed by atoms with Crippen LogP contribution in [0, 0.1) is 11.6 Å². The van der Waals surface area contributed by atoms with Crippen LogP contribution >= 0.6 is 11.5 Å². The third kappa shape index (κ3) is 5.04. The molecule has 2 aromatic heterocycles. The molecule has 2 aromatic carbocycles. The van der Waals surface area contributed by atoms with Crippen LogP contribution in [-0.2, 0) is 10.0 Å². The Morgan fingerprint density at radius 1 is 1.09 bits per heavy atom. The van der Waals surface area contributed by atoms with Gasteiger partial charge >= 0.3 is 6.61 Å². The normalized spacial score (nSPS) is 11.5. The number of sulfonamides is 1. The summed E-state index contributed by atoms with van der Waals surface area (Å²) in [4.78, 5) is 2.65. The third-order valence-corrected chi connectivity index (χ3v) is 6.13. The number of aromatic amines is 1. The molecule has 9 nitrogen and oxygen atoms in total. The topological polar surface area (TPSA) is 119 Å². The minimum atomic E-state index is -4.50. The summed E-state index contributed by atoms with van der Waals surface area (Å²) < 4.78 is 94.6. The van der Waals surface area contributed by atoms with Crippen LogP contribution in [0.3, 0.4) is 0 Å². The molecule has 0 amide bonds. The van der Waals surface area contributed by atoms with Gasteiger partial charge in [0, 0.05) is 41.0 Å². The molecule has 4 rings (SSSR count). The van der Waals surface area contributed by atoms with Gasteiger partial charge < -0.3 is 9.47 Å². The number of halogens is 4. The SMILES string of the molecule is O=S(=O)(Nc1ncns1)c1cc(F)c(Oc2ccc(OC(F)F)cc2-c2cn[nH]c2)cc1F. The van der Waals surface area contributed by atoms with Crippen molar-refractivity contribution in [3.05, 3.63) is 60.7 Å². The molecule has 0 radical (unpaired) electrons. The Hall–Kier alpha value is -3.72. The molecule has 0 fully saturated rings. The predicted molar refractivity (Wildman–Crippen MR) is 108 cm³/mol. The lowest BCUT2D eigenvalue weighted by molar-refractivity contribution is -0.0498. The van der Waals surface area contributed by atoms with Gasteiger partial charge in [0.15, 0.2) is 11.6 Å². The number of alkyl halides is 2. The number of benzene rings is 2. The van der Waals surface area contributed by atoms with Crippen molar-refractivity contribution in [2.24, 2.45) is 0 Å². The summed E-state index contributed by atoms with van der Waals surface area (Å²) in [6, 6.07) is 4.54. The Bertz CT molecular complexity index is 1370. The number of nitrogens with one attached hydrogen (secondary N) is 2. The van der Waals surface area contributed by atoms with Crippen molar-refractivity contribution in [3.8, 4) is 28.4 Å². The largest absolute Gasteiger partial charge is 0.454 e. The van der Waals surface area contributed by atoms with Crippen LogP contribution in [0.15, 0.2) is 53.9 Å². The lowest BCUT2D eigenvalue weighted by Gasteiger charge is -2.14. The van der Waals surface area contributed by atoms with Crippen LogP contribution < -0.4 is 14.2 Å². The fourth-order valence-electron chi connectivity index (χ4n) is 2.70. The fraction of sp³-hybridized carbons (Fsp3) is 0.0556. The van der Waals surface area contributed by atoms with Gasteiger partial charge in [-0.2, -0.15) is 18.3 Å². The summed E-state index contributed by atoms with van der Waals surface area (Å²) in [6.07, 6.45) is 3.85. The minimum Gasteiger partial charge on any atom is -0.454 e. The first kappa shape index (κ1) is 22.5. The number of anilines is 1. The molecule has 2 heterocycles. The Morgan fingerprint density at radius 2 is 1.91 bits per heavy atom. The highest BCUT2D eigenvalue weighted by Crippen LogP contribution is 2.38. The minimum absolute atomic E-state index is 0.0566. The molecule has 0 bridgehead atoms. The Labute approximate surface area is 187 Å². The second-order valence-corrected chi connectivity index (χ2v) is 8.62. The molecule has 172 valence electrons. The molecule has 0 saturated heterocycles. The molecule has 0 unspecified atom stereocenters. The van der Waals surface area contributed by atoms with Crippen molar-refractivity contribution in [1.29, 1.82) is 0 Å². The van der Waals surface area contributed by atoms with Gasteiger partial charge in [-0.3, -0.25) is 9.82 Å². The first-order valence-corrected chi connectivity index (χ1v) is 11.0. The van der Waals surface area contributed by atoms with E-state index in [1.807, 2.05) is 4.72 Å². The van der Waals surface area contributed by atoms with Gasteiger partial charge in [0.05, 0.1) is 6.20 Å². The van der Waals surface area contributed by atoms with E-state index in [9.17, 15) is 26.0 Å². The zero-order valence-corrected chi connectivity index (χ0v) is 17.6. The smallest absolute Gasteiger partial charge is 0.387 e. The summed E-state index contributed by atoms with van der Waals surface area (Å²) in [5, 5.41) is 6.15. The number of nitrogens with zero attached hydrogens (tertiary/aromatic N) is 3. The molecule has 0 saturated carbocycles. The van der Waals surface area contributed by atoms with Crippen LogP contribution in [0.2, 0.25) is 0 Å². The lowest BCUT2D eigenvalue weighted by Crippen LogP contribution is -2.15. The van der Waals surface area contributed by atoms with Crippen molar-refractivity contribution in [1.82, 2.24) is 19.6 Å². The molecule has 33 heavy (non-hydrogen) atoms. The molecule has 0 aliphatic rings. The number of ether oxygens (including phenoxy) is 2. The third-order valence-electron chi connectivity index (χ3n) is 4.06. The second-order valence-electron chi connectivity index (χ2n) is 6.19. The van der Waals surface area contributed by atoms with E-state index < -0.39 is 38.9 Å². The molecule has 0 spiro atoms. The molecule has 0 atom stereocenters. The molecule has 15 heteroatoms. The van der Waals surface area contributed by atoms with Crippen molar-refractivity contribution in [3.63, 3.8) is 0 Å². The molecule has 0 aliphatic carbocycles. The number of aromatic nitrogens is 4. The van der Waals surface area contributed by atoms with Gasteiger partial charge in [0.1, 0.15) is 28.5 Å². The second kappa shape index (κ2) is 9.03. The van der Waals surface area contributed by atoms with Gasteiger partial charge in [-0.15, -0.1) is 0 Å². The summed E-state index contributed by atoms with van der Waals surface area (Å²) in [6.45, 7) is -3.08. The van der Waals surface area contributed by atoms with E-state index in [4.69, 9.17) is 4.74 Å². The summed E-state index contributed by atoms with van der Waals surface area (Å²) in [7, 11) is -4.50. The molecule has 2 N–H and O–H groups in total. The highest BCUT2D eigenvalue weighted by Gasteiger charge is 2.24. The van der Waals surface area contributed by atoms with E-state index in [0.717, 1.165) is 12.4 Å². The highest BCUT2D eigenvalue weighted by molar-refractivity contribution is 7.93. The summed E-state index contributed by atoms with van der Waals surface area (Å²) in [5.41, 5.74) is 0.558. The number of rotatable bonds is 8. The maximum Gasteiger partial charge on any atom is 0.387 e. The van der Waals surface area contributed by atoms with Crippen molar-refractivity contribution in [2.45, 2.75) is 11.5 Å². The van der Waals surface area contributed by atoms with Gasteiger partial charge in [-0.1, -0.05) is 0 Å². The van der Waals surface area contributed by atoms with Crippen LogP contribution in [0.5, 0.6) is 17.2 Å². The van der Waals surface area contributed by atoms with E-state index in [-0.39, 0.29) is 22.2 Å². The molecule has 4 aromatic rings. The average Bonchev–Trinajstić information content (AvgIpc) is 3.45. The van der Waals surface area contributed by atoms with Crippen LogP contribution in [-0.4, -0.2) is 34.6 Å². The predicted octanol–water partition coefficient (Wildman–Crippen LogP) is 4.40. The van der Waals surface area contributed by atoms with Gasteiger partial charge in [-0.05, 0) is 18.2 Å². The van der Waals surface area contributed by atoms with Gasteiger partial charge in [0.2, 0.25) is 5.13 Å². The number of H-pyrrole nitrogens is 1. The monoisotopic (exact) mass is 501 g/mol. The highest BCUT2D eigenvalue weighted by atomic mass is 32.2. The Balaban J connectivity index is 1.68. The zero-order chi connectivity index (χ0) is 23.6. The van der Waals surface area contributed by atoms with Crippen molar-refractivity contribution < 1.29 is 35.5 Å². The van der Waals surface area contributed by atoms with E-state index in [0.29, 0.717) is 29.2 Å². The van der Waals surface area contributed by atoms with E-state index in [2.05, 4.69) is 24.3 Å². The maximum absolute atomic E-state index is 14.7. The van der Waals surface area contributed by atoms with Crippen LogP contribution in [0.4, 0.5) is 22.7 Å². The molecular formula is C18H11F4N5O4S2. The van der Waals surface area contributed by atoms with Crippen LogP contribution in [0.25, 0.3) is 11.1 Å². The average molecular weight is 501 g/mol. The first-order valence-electron chi connectivity index (χ1n) is 8.77. The Morgan fingerprint density at radius 3 is 2.58 bits per heavy atom. The van der Waals surface area contributed by atoms with E-state index in [1.54, 1.807) is 0 Å². The van der Waals surface area contributed by atoms with E-state index in [1.165, 1.54) is 24.5 Å². The van der Waals surface area contributed by atoms with Crippen molar-refractivity contribution in [2.75, 3.05) is 4.72 Å². The number of hydrogen-bond acceptors (Lipinski definition) is 8.